The highest BCUT2D eigenvalue weighted by atomic mass is 32.2. The molecule has 1 atom stereocenters. The van der Waals surface area contributed by atoms with Gasteiger partial charge in [0.05, 0.1) is 10.1 Å². The fraction of sp³-hybridized carbons (Fsp3) is 0.500. The summed E-state index contributed by atoms with van der Waals surface area (Å²) in [6.45, 7) is 3.91. The Labute approximate surface area is 108 Å². The van der Waals surface area contributed by atoms with E-state index in [1.54, 1.807) is 30.3 Å². The number of ketones is 1. The first-order valence-electron chi connectivity index (χ1n) is 6.12. The standard InChI is InChI=1S/C14H18O3S/c1-14(2)9-11(15)8-13(10-14)18(16,17)12-6-4-3-5-7-12/h3-7,13H,8-10H2,1-2H3. The molecule has 1 fully saturated rings. The average Bonchev–Trinajstić information content (AvgIpc) is 2.27. The Bertz CT molecular complexity index is 544. The molecule has 0 N–H and O–H groups in total. The minimum absolute atomic E-state index is 0.0516. The number of Topliss-reactive ketones (excluding diaryl/α,β-unsaturated/α-hetero) is 1. The van der Waals surface area contributed by atoms with Crippen molar-refractivity contribution in [1.82, 2.24) is 0 Å². The Kier molecular flexibility index (Phi) is 3.32. The largest absolute Gasteiger partial charge is 0.300 e. The number of carbonyl (C=O) groups excluding carboxylic acids is 1. The van der Waals surface area contributed by atoms with Gasteiger partial charge in [0.2, 0.25) is 0 Å². The van der Waals surface area contributed by atoms with E-state index in [1.807, 2.05) is 13.8 Å². The van der Waals surface area contributed by atoms with E-state index >= 15 is 0 Å². The summed E-state index contributed by atoms with van der Waals surface area (Å²) in [6.07, 6.45) is 1.18. The summed E-state index contributed by atoms with van der Waals surface area (Å²) in [5, 5.41) is -0.573. The molecular formula is C14H18O3S. The van der Waals surface area contributed by atoms with Gasteiger partial charge in [-0.2, -0.15) is 0 Å². The van der Waals surface area contributed by atoms with Gasteiger partial charge in [-0.3, -0.25) is 4.79 Å². The van der Waals surface area contributed by atoms with Crippen LogP contribution in [0, 0.1) is 5.41 Å². The molecule has 0 aliphatic heterocycles. The van der Waals surface area contributed by atoms with Crippen LogP contribution < -0.4 is 0 Å². The van der Waals surface area contributed by atoms with Crippen LogP contribution in [-0.4, -0.2) is 19.5 Å². The highest BCUT2D eigenvalue weighted by molar-refractivity contribution is 7.92. The number of rotatable bonds is 2. The fourth-order valence-corrected chi connectivity index (χ4v) is 4.64. The second kappa shape index (κ2) is 4.50. The van der Waals surface area contributed by atoms with Crippen molar-refractivity contribution in [3.8, 4) is 0 Å². The first-order valence-corrected chi connectivity index (χ1v) is 7.66. The Morgan fingerprint density at radius 2 is 1.78 bits per heavy atom. The third kappa shape index (κ3) is 2.64. The minimum Gasteiger partial charge on any atom is -0.300 e. The molecule has 1 saturated carbocycles. The second-order valence-electron chi connectivity index (χ2n) is 5.77. The normalized spacial score (nSPS) is 23.9. The van der Waals surface area contributed by atoms with Gasteiger partial charge in [0.15, 0.2) is 9.84 Å². The van der Waals surface area contributed by atoms with E-state index in [0.717, 1.165) is 0 Å². The molecule has 18 heavy (non-hydrogen) atoms. The lowest BCUT2D eigenvalue weighted by Gasteiger charge is -2.33. The van der Waals surface area contributed by atoms with Crippen LogP contribution in [0.2, 0.25) is 0 Å². The van der Waals surface area contributed by atoms with E-state index in [1.165, 1.54) is 0 Å². The molecule has 0 saturated heterocycles. The molecule has 0 heterocycles. The monoisotopic (exact) mass is 266 g/mol. The van der Waals surface area contributed by atoms with Gasteiger partial charge in [0.25, 0.3) is 0 Å². The van der Waals surface area contributed by atoms with Crippen LogP contribution >= 0.6 is 0 Å². The zero-order valence-corrected chi connectivity index (χ0v) is 11.5. The molecule has 98 valence electrons. The summed E-state index contributed by atoms with van der Waals surface area (Å²) >= 11 is 0. The zero-order valence-electron chi connectivity index (χ0n) is 10.7. The van der Waals surface area contributed by atoms with Crippen molar-refractivity contribution in [2.24, 2.45) is 5.41 Å². The van der Waals surface area contributed by atoms with E-state index in [2.05, 4.69) is 0 Å². The van der Waals surface area contributed by atoms with Gasteiger partial charge in [-0.15, -0.1) is 0 Å². The molecule has 1 aliphatic rings. The third-order valence-electron chi connectivity index (χ3n) is 3.42. The lowest BCUT2D eigenvalue weighted by Crippen LogP contribution is -2.36. The molecule has 2 rings (SSSR count). The van der Waals surface area contributed by atoms with Crippen molar-refractivity contribution in [1.29, 1.82) is 0 Å². The Balaban J connectivity index is 2.34. The van der Waals surface area contributed by atoms with Crippen LogP contribution in [0.4, 0.5) is 0 Å². The molecule has 3 nitrogen and oxygen atoms in total. The highest BCUT2D eigenvalue weighted by Gasteiger charge is 2.39. The molecule has 0 amide bonds. The number of hydrogen-bond acceptors (Lipinski definition) is 3. The molecule has 0 aromatic heterocycles. The number of benzene rings is 1. The van der Waals surface area contributed by atoms with E-state index < -0.39 is 15.1 Å². The van der Waals surface area contributed by atoms with Crippen molar-refractivity contribution in [3.05, 3.63) is 30.3 Å². The highest BCUT2D eigenvalue weighted by Crippen LogP contribution is 2.38. The molecule has 1 aromatic rings. The van der Waals surface area contributed by atoms with Crippen molar-refractivity contribution in [2.45, 2.75) is 43.3 Å². The summed E-state index contributed by atoms with van der Waals surface area (Å²) < 4.78 is 24.9. The summed E-state index contributed by atoms with van der Waals surface area (Å²) in [5.74, 6) is 0.0516. The van der Waals surface area contributed by atoms with Crippen molar-refractivity contribution < 1.29 is 13.2 Å². The molecule has 0 spiro atoms. The number of carbonyl (C=O) groups is 1. The minimum atomic E-state index is -3.39. The zero-order chi connectivity index (χ0) is 13.4. The lowest BCUT2D eigenvalue weighted by atomic mass is 9.77. The summed E-state index contributed by atoms with van der Waals surface area (Å²) in [6, 6.07) is 8.41. The van der Waals surface area contributed by atoms with Crippen LogP contribution in [0.25, 0.3) is 0 Å². The van der Waals surface area contributed by atoms with Crippen LogP contribution in [0.3, 0.4) is 0 Å². The first-order chi connectivity index (χ1) is 8.31. The Morgan fingerprint density at radius 3 is 2.33 bits per heavy atom. The van der Waals surface area contributed by atoms with Gasteiger partial charge < -0.3 is 0 Å². The molecule has 1 aromatic carbocycles. The molecule has 1 aliphatic carbocycles. The van der Waals surface area contributed by atoms with E-state index in [9.17, 15) is 13.2 Å². The quantitative estimate of drug-likeness (QED) is 0.826. The number of hydrogen-bond donors (Lipinski definition) is 0. The Hall–Kier alpha value is -1.16. The SMILES string of the molecule is CC1(C)CC(=O)CC(S(=O)(=O)c2ccccc2)C1. The van der Waals surface area contributed by atoms with Gasteiger partial charge in [-0.1, -0.05) is 32.0 Å². The van der Waals surface area contributed by atoms with E-state index in [0.29, 0.717) is 17.7 Å². The molecule has 0 radical (unpaired) electrons. The smallest absolute Gasteiger partial charge is 0.181 e. The molecule has 0 bridgehead atoms. The van der Waals surface area contributed by atoms with Crippen molar-refractivity contribution >= 4 is 15.6 Å². The Morgan fingerprint density at radius 1 is 1.17 bits per heavy atom. The number of sulfone groups is 1. The van der Waals surface area contributed by atoms with Crippen LogP contribution in [0.15, 0.2) is 35.2 Å². The van der Waals surface area contributed by atoms with Crippen LogP contribution in [0.5, 0.6) is 0 Å². The maximum absolute atomic E-state index is 12.5. The molecule has 1 unspecified atom stereocenters. The summed E-state index contributed by atoms with van der Waals surface area (Å²) in [4.78, 5) is 12.0. The molecule has 4 heteroatoms. The lowest BCUT2D eigenvalue weighted by molar-refractivity contribution is -0.122. The van der Waals surface area contributed by atoms with E-state index in [-0.39, 0.29) is 17.6 Å². The van der Waals surface area contributed by atoms with Gasteiger partial charge in [-0.05, 0) is 24.0 Å². The summed E-state index contributed by atoms with van der Waals surface area (Å²) in [5.41, 5.74) is -0.220. The maximum Gasteiger partial charge on any atom is 0.181 e. The average molecular weight is 266 g/mol. The van der Waals surface area contributed by atoms with Gasteiger partial charge in [-0.25, -0.2) is 8.42 Å². The fourth-order valence-electron chi connectivity index (χ4n) is 2.64. The van der Waals surface area contributed by atoms with E-state index in [4.69, 9.17) is 0 Å². The predicted octanol–water partition coefficient (Wildman–Crippen LogP) is 2.61. The molecular weight excluding hydrogens is 248 g/mol. The van der Waals surface area contributed by atoms with Crippen LogP contribution in [-0.2, 0) is 14.6 Å². The summed E-state index contributed by atoms with van der Waals surface area (Å²) in [7, 11) is -3.39. The second-order valence-corrected chi connectivity index (χ2v) is 8.00. The predicted molar refractivity (Wildman–Crippen MR) is 70.1 cm³/mol. The van der Waals surface area contributed by atoms with Gasteiger partial charge in [0.1, 0.15) is 5.78 Å². The van der Waals surface area contributed by atoms with Gasteiger partial charge >= 0.3 is 0 Å². The van der Waals surface area contributed by atoms with Crippen LogP contribution in [0.1, 0.15) is 33.1 Å². The van der Waals surface area contributed by atoms with Gasteiger partial charge in [0, 0.05) is 12.8 Å². The van der Waals surface area contributed by atoms with Crippen molar-refractivity contribution in [3.63, 3.8) is 0 Å². The van der Waals surface area contributed by atoms with Crippen molar-refractivity contribution in [2.75, 3.05) is 0 Å². The first kappa shape index (κ1) is 13.3. The third-order valence-corrected chi connectivity index (χ3v) is 5.56. The topological polar surface area (TPSA) is 51.2 Å². The maximum atomic E-state index is 12.5.